The third-order valence-electron chi connectivity index (χ3n) is 5.58. The van der Waals surface area contributed by atoms with E-state index in [0.717, 1.165) is 44.2 Å². The molecule has 1 aromatic carbocycles. The molecule has 1 aromatic heterocycles. The second-order valence-corrected chi connectivity index (χ2v) is 7.23. The Balaban J connectivity index is 1.42. The van der Waals surface area contributed by atoms with Crippen LogP contribution in [0.5, 0.6) is 5.75 Å². The van der Waals surface area contributed by atoms with E-state index >= 15 is 0 Å². The molecule has 2 aliphatic rings. The van der Waals surface area contributed by atoms with Crippen molar-refractivity contribution in [2.75, 3.05) is 38.2 Å². The van der Waals surface area contributed by atoms with Crippen LogP contribution in [0, 0.1) is 0 Å². The second-order valence-electron chi connectivity index (χ2n) is 7.23. The molecule has 1 aliphatic heterocycles. The van der Waals surface area contributed by atoms with Crippen molar-refractivity contribution in [3.05, 3.63) is 51.4 Å². The van der Waals surface area contributed by atoms with Crippen molar-refractivity contribution >= 4 is 5.69 Å². The quantitative estimate of drug-likeness (QED) is 0.835. The van der Waals surface area contributed by atoms with Gasteiger partial charge in [-0.05, 0) is 36.5 Å². The smallest absolute Gasteiger partial charge is 0.268 e. The van der Waals surface area contributed by atoms with Crippen LogP contribution in [0.2, 0.25) is 0 Å². The van der Waals surface area contributed by atoms with E-state index in [1.165, 1.54) is 40.6 Å². The molecule has 6 nitrogen and oxygen atoms in total. The molecule has 1 fully saturated rings. The Kier molecular flexibility index (Phi) is 4.68. The Morgan fingerprint density at radius 1 is 1.08 bits per heavy atom. The van der Waals surface area contributed by atoms with Crippen LogP contribution in [0.3, 0.4) is 0 Å². The first-order valence-corrected chi connectivity index (χ1v) is 9.33. The number of benzene rings is 1. The number of ether oxygens (including phenoxy) is 1. The summed E-state index contributed by atoms with van der Waals surface area (Å²) in [5.41, 5.74) is 5.09. The monoisotopic (exact) mass is 354 g/mol. The first-order valence-electron chi connectivity index (χ1n) is 9.33. The van der Waals surface area contributed by atoms with Gasteiger partial charge in [0.1, 0.15) is 5.75 Å². The van der Waals surface area contributed by atoms with E-state index in [4.69, 9.17) is 4.74 Å². The summed E-state index contributed by atoms with van der Waals surface area (Å²) in [6.07, 6.45) is 5.40. The summed E-state index contributed by atoms with van der Waals surface area (Å²) in [5.74, 6) is 1.02. The van der Waals surface area contributed by atoms with Gasteiger partial charge in [0.15, 0.2) is 0 Å². The Morgan fingerprint density at radius 3 is 2.50 bits per heavy atom. The fourth-order valence-electron chi connectivity index (χ4n) is 4.00. The molecule has 6 heteroatoms. The standard InChI is InChI=1S/C20H26N4O2/c1-22-20(25)12-18(13-21-22)24-8-6-23(7-9-24)14-17-10-15-4-3-5-16(15)11-19(17)26-2/h10-13H,3-9,14H2,1-2H3. The number of nitrogens with zero attached hydrogens (tertiary/aromatic N) is 4. The summed E-state index contributed by atoms with van der Waals surface area (Å²) >= 11 is 0. The third kappa shape index (κ3) is 3.33. The van der Waals surface area contributed by atoms with Gasteiger partial charge >= 0.3 is 0 Å². The fraction of sp³-hybridized carbons (Fsp3) is 0.500. The number of rotatable bonds is 4. The zero-order valence-corrected chi connectivity index (χ0v) is 15.6. The molecular weight excluding hydrogens is 328 g/mol. The number of anilines is 1. The van der Waals surface area contributed by atoms with Crippen molar-refractivity contribution in [2.24, 2.45) is 7.05 Å². The third-order valence-corrected chi connectivity index (χ3v) is 5.58. The molecule has 4 rings (SSSR count). The van der Waals surface area contributed by atoms with Crippen molar-refractivity contribution in [3.63, 3.8) is 0 Å². The fourth-order valence-corrected chi connectivity index (χ4v) is 4.00. The summed E-state index contributed by atoms with van der Waals surface area (Å²) in [6.45, 7) is 4.66. The van der Waals surface area contributed by atoms with Crippen LogP contribution in [0.25, 0.3) is 0 Å². The summed E-state index contributed by atoms with van der Waals surface area (Å²) in [6, 6.07) is 6.25. The average molecular weight is 354 g/mol. The molecule has 26 heavy (non-hydrogen) atoms. The first kappa shape index (κ1) is 17.1. The van der Waals surface area contributed by atoms with Crippen molar-refractivity contribution in [1.82, 2.24) is 14.7 Å². The molecule has 1 saturated heterocycles. The number of piperazine rings is 1. The van der Waals surface area contributed by atoms with E-state index in [9.17, 15) is 4.79 Å². The molecule has 0 unspecified atom stereocenters. The highest BCUT2D eigenvalue weighted by Crippen LogP contribution is 2.31. The van der Waals surface area contributed by atoms with E-state index in [1.54, 1.807) is 26.4 Å². The Hall–Kier alpha value is -2.34. The minimum atomic E-state index is -0.0622. The minimum Gasteiger partial charge on any atom is -0.496 e. The van der Waals surface area contributed by atoms with Crippen LogP contribution in [0.4, 0.5) is 5.69 Å². The lowest BCUT2D eigenvalue weighted by Gasteiger charge is -2.36. The van der Waals surface area contributed by atoms with Crippen LogP contribution < -0.4 is 15.2 Å². The molecule has 2 aromatic rings. The molecule has 0 amide bonds. The molecular formula is C20H26N4O2. The van der Waals surface area contributed by atoms with Gasteiger partial charge in [0.2, 0.25) is 0 Å². The molecule has 138 valence electrons. The lowest BCUT2D eigenvalue weighted by atomic mass is 10.0. The van der Waals surface area contributed by atoms with Crippen LogP contribution in [-0.2, 0) is 26.4 Å². The predicted molar refractivity (Wildman–Crippen MR) is 102 cm³/mol. The molecule has 1 aliphatic carbocycles. The van der Waals surface area contributed by atoms with Gasteiger partial charge in [0.05, 0.1) is 19.0 Å². The number of fused-ring (bicyclic) bond motifs is 1. The van der Waals surface area contributed by atoms with Crippen LogP contribution in [0.15, 0.2) is 29.2 Å². The summed E-state index contributed by atoms with van der Waals surface area (Å²) in [5, 5.41) is 4.13. The van der Waals surface area contributed by atoms with Gasteiger partial charge in [-0.1, -0.05) is 6.07 Å². The molecule has 2 heterocycles. The van der Waals surface area contributed by atoms with E-state index in [0.29, 0.717) is 0 Å². The Bertz CT molecular complexity index is 853. The van der Waals surface area contributed by atoms with Gasteiger partial charge in [-0.3, -0.25) is 9.69 Å². The van der Waals surface area contributed by atoms with E-state index in [2.05, 4.69) is 27.0 Å². The maximum absolute atomic E-state index is 11.8. The van der Waals surface area contributed by atoms with Gasteiger partial charge in [0, 0.05) is 51.4 Å². The largest absolute Gasteiger partial charge is 0.496 e. The highest BCUT2D eigenvalue weighted by atomic mass is 16.5. The molecule has 0 spiro atoms. The predicted octanol–water partition coefficient (Wildman–Crippen LogP) is 1.60. The lowest BCUT2D eigenvalue weighted by Crippen LogP contribution is -2.46. The van der Waals surface area contributed by atoms with Gasteiger partial charge in [0.25, 0.3) is 5.56 Å². The summed E-state index contributed by atoms with van der Waals surface area (Å²) in [4.78, 5) is 16.5. The first-order chi connectivity index (χ1) is 12.6. The molecule has 0 saturated carbocycles. The van der Waals surface area contributed by atoms with Crippen LogP contribution in [0.1, 0.15) is 23.1 Å². The zero-order valence-electron chi connectivity index (χ0n) is 15.6. The number of methoxy groups -OCH3 is 1. The molecule has 0 radical (unpaired) electrons. The average Bonchev–Trinajstić information content (AvgIpc) is 3.11. The van der Waals surface area contributed by atoms with Crippen LogP contribution >= 0.6 is 0 Å². The van der Waals surface area contributed by atoms with Gasteiger partial charge in [-0.15, -0.1) is 0 Å². The topological polar surface area (TPSA) is 50.6 Å². The number of aryl methyl sites for hydroxylation is 3. The van der Waals surface area contributed by atoms with E-state index in [1.807, 2.05) is 0 Å². The summed E-state index contributed by atoms with van der Waals surface area (Å²) < 4.78 is 7.01. The maximum Gasteiger partial charge on any atom is 0.268 e. The summed E-state index contributed by atoms with van der Waals surface area (Å²) in [7, 11) is 3.44. The van der Waals surface area contributed by atoms with Gasteiger partial charge in [-0.25, -0.2) is 4.68 Å². The molecule has 0 atom stereocenters. The van der Waals surface area contributed by atoms with Crippen molar-refractivity contribution in [3.8, 4) is 5.75 Å². The van der Waals surface area contributed by atoms with Crippen molar-refractivity contribution < 1.29 is 4.74 Å². The zero-order chi connectivity index (χ0) is 18.1. The van der Waals surface area contributed by atoms with E-state index in [-0.39, 0.29) is 5.56 Å². The van der Waals surface area contributed by atoms with Crippen LogP contribution in [-0.4, -0.2) is 48.0 Å². The number of hydrogen-bond acceptors (Lipinski definition) is 5. The van der Waals surface area contributed by atoms with Gasteiger partial charge in [-0.2, -0.15) is 5.10 Å². The number of aromatic nitrogens is 2. The molecule has 0 N–H and O–H groups in total. The maximum atomic E-state index is 11.8. The Labute approximate surface area is 154 Å². The highest BCUT2D eigenvalue weighted by molar-refractivity contribution is 5.45. The number of hydrogen-bond donors (Lipinski definition) is 0. The van der Waals surface area contributed by atoms with Crippen molar-refractivity contribution in [2.45, 2.75) is 25.8 Å². The normalized spacial score (nSPS) is 17.4. The SMILES string of the molecule is COc1cc2c(cc1CN1CCN(c3cnn(C)c(=O)c3)CC1)CCC2. The van der Waals surface area contributed by atoms with Crippen molar-refractivity contribution in [1.29, 1.82) is 0 Å². The van der Waals surface area contributed by atoms with Gasteiger partial charge < -0.3 is 9.64 Å². The Morgan fingerprint density at radius 2 is 1.81 bits per heavy atom. The van der Waals surface area contributed by atoms with E-state index < -0.39 is 0 Å². The second kappa shape index (κ2) is 7.11. The highest BCUT2D eigenvalue weighted by Gasteiger charge is 2.21. The minimum absolute atomic E-state index is 0.0622. The lowest BCUT2D eigenvalue weighted by molar-refractivity contribution is 0.246. The molecule has 0 bridgehead atoms.